The lowest BCUT2D eigenvalue weighted by atomic mass is 9.97. The van der Waals surface area contributed by atoms with E-state index in [2.05, 4.69) is 42.3 Å². The van der Waals surface area contributed by atoms with Crippen LogP contribution in [0.25, 0.3) is 0 Å². The molecule has 1 aromatic carbocycles. The number of nitrogens with zero attached hydrogens (tertiary/aromatic N) is 1. The summed E-state index contributed by atoms with van der Waals surface area (Å²) in [6.45, 7) is 8.18. The zero-order chi connectivity index (χ0) is 15.2. The van der Waals surface area contributed by atoms with Crippen molar-refractivity contribution in [2.75, 3.05) is 31.7 Å². The fourth-order valence-electron chi connectivity index (χ4n) is 2.78. The Morgan fingerprint density at radius 1 is 1.33 bits per heavy atom. The van der Waals surface area contributed by atoms with E-state index in [0.29, 0.717) is 12.0 Å². The first-order valence-corrected chi connectivity index (χ1v) is 8.23. The van der Waals surface area contributed by atoms with E-state index in [1.807, 2.05) is 0 Å². The van der Waals surface area contributed by atoms with Gasteiger partial charge in [-0.15, -0.1) is 0 Å². The first-order chi connectivity index (χ1) is 10.1. The van der Waals surface area contributed by atoms with Crippen molar-refractivity contribution in [1.82, 2.24) is 5.32 Å². The largest absolute Gasteiger partial charge is 0.384 e. The highest BCUT2D eigenvalue weighted by atomic mass is 35.5. The van der Waals surface area contributed by atoms with Gasteiger partial charge in [0, 0.05) is 50.1 Å². The Labute approximate surface area is 133 Å². The van der Waals surface area contributed by atoms with Gasteiger partial charge in [0.2, 0.25) is 0 Å². The van der Waals surface area contributed by atoms with E-state index in [4.69, 9.17) is 16.3 Å². The molecule has 1 aromatic rings. The highest BCUT2D eigenvalue weighted by Gasteiger charge is 2.19. The molecular weight excluding hydrogens is 284 g/mol. The lowest BCUT2D eigenvalue weighted by Gasteiger charge is -2.33. The van der Waals surface area contributed by atoms with Gasteiger partial charge in [-0.05, 0) is 36.5 Å². The van der Waals surface area contributed by atoms with Gasteiger partial charge >= 0.3 is 0 Å². The van der Waals surface area contributed by atoms with Gasteiger partial charge in [-0.25, -0.2) is 0 Å². The van der Waals surface area contributed by atoms with Gasteiger partial charge in [-0.3, -0.25) is 0 Å². The van der Waals surface area contributed by atoms with Crippen LogP contribution < -0.4 is 10.2 Å². The van der Waals surface area contributed by atoms with Gasteiger partial charge < -0.3 is 15.0 Å². The number of anilines is 1. The molecule has 0 aliphatic carbocycles. The lowest BCUT2D eigenvalue weighted by molar-refractivity contribution is 0.139. The van der Waals surface area contributed by atoms with E-state index in [9.17, 15) is 0 Å². The van der Waals surface area contributed by atoms with E-state index >= 15 is 0 Å². The van der Waals surface area contributed by atoms with Crippen LogP contribution in [0.2, 0.25) is 5.02 Å². The zero-order valence-electron chi connectivity index (χ0n) is 13.4. The molecule has 1 saturated heterocycles. The number of halogens is 1. The minimum Gasteiger partial charge on any atom is -0.384 e. The molecule has 0 aromatic heterocycles. The number of nitrogens with one attached hydrogen (secondary N) is 1. The normalized spacial score (nSPS) is 16.7. The second-order valence-corrected chi connectivity index (χ2v) is 6.60. The maximum Gasteiger partial charge on any atom is 0.0491 e. The van der Waals surface area contributed by atoms with E-state index < -0.39 is 0 Å². The summed E-state index contributed by atoms with van der Waals surface area (Å²) in [7, 11) is 1.79. The van der Waals surface area contributed by atoms with Crippen molar-refractivity contribution in [3.05, 3.63) is 28.8 Å². The Bertz CT molecular complexity index is 442. The van der Waals surface area contributed by atoms with E-state index in [0.717, 1.165) is 31.3 Å². The molecular formula is C17H27ClN2O. The molecule has 118 valence electrons. The fraction of sp³-hybridized carbons (Fsp3) is 0.647. The molecule has 0 bridgehead atoms. The number of ether oxygens (including phenoxy) is 1. The van der Waals surface area contributed by atoms with Crippen LogP contribution in [0.15, 0.2) is 18.2 Å². The van der Waals surface area contributed by atoms with Crippen LogP contribution in [0, 0.1) is 5.92 Å². The molecule has 0 unspecified atom stereocenters. The summed E-state index contributed by atoms with van der Waals surface area (Å²) in [5.74, 6) is 0.705. The molecule has 0 radical (unpaired) electrons. The van der Waals surface area contributed by atoms with E-state index in [-0.39, 0.29) is 0 Å². The summed E-state index contributed by atoms with van der Waals surface area (Å²) in [4.78, 5) is 2.43. The van der Waals surface area contributed by atoms with Crippen LogP contribution >= 0.6 is 11.6 Å². The van der Waals surface area contributed by atoms with Crippen LogP contribution in [-0.4, -0.2) is 32.8 Å². The second-order valence-electron chi connectivity index (χ2n) is 6.20. The summed E-state index contributed by atoms with van der Waals surface area (Å²) >= 11 is 6.42. The third-order valence-corrected chi connectivity index (χ3v) is 4.47. The summed E-state index contributed by atoms with van der Waals surface area (Å²) in [6.07, 6.45) is 2.39. The van der Waals surface area contributed by atoms with E-state index in [1.165, 1.54) is 24.1 Å². The molecule has 0 spiro atoms. The maximum absolute atomic E-state index is 6.42. The molecule has 21 heavy (non-hydrogen) atoms. The van der Waals surface area contributed by atoms with E-state index in [1.54, 1.807) is 7.11 Å². The van der Waals surface area contributed by atoms with Crippen LogP contribution in [0.3, 0.4) is 0 Å². The monoisotopic (exact) mass is 310 g/mol. The van der Waals surface area contributed by atoms with Crippen molar-refractivity contribution >= 4 is 17.3 Å². The van der Waals surface area contributed by atoms with Crippen molar-refractivity contribution < 1.29 is 4.74 Å². The number of hydrogen-bond donors (Lipinski definition) is 1. The summed E-state index contributed by atoms with van der Waals surface area (Å²) in [5, 5.41) is 4.27. The second kappa shape index (κ2) is 8.02. The highest BCUT2D eigenvalue weighted by Crippen LogP contribution is 2.27. The highest BCUT2D eigenvalue weighted by molar-refractivity contribution is 6.31. The molecule has 4 heteroatoms. The third-order valence-electron chi connectivity index (χ3n) is 4.12. The van der Waals surface area contributed by atoms with Gasteiger partial charge in [0.05, 0.1) is 0 Å². The Morgan fingerprint density at radius 2 is 2.05 bits per heavy atom. The molecule has 1 aliphatic heterocycles. The summed E-state index contributed by atoms with van der Waals surface area (Å²) in [6, 6.07) is 6.92. The molecule has 2 rings (SSSR count). The number of rotatable bonds is 6. The number of benzene rings is 1. The predicted octanol–water partition coefficient (Wildman–Crippen LogP) is 3.70. The van der Waals surface area contributed by atoms with Gasteiger partial charge in [0.15, 0.2) is 0 Å². The Morgan fingerprint density at radius 3 is 2.62 bits per heavy atom. The van der Waals surface area contributed by atoms with Crippen molar-refractivity contribution in [2.24, 2.45) is 5.92 Å². The van der Waals surface area contributed by atoms with Crippen molar-refractivity contribution in [3.63, 3.8) is 0 Å². The maximum atomic E-state index is 6.42. The molecule has 0 saturated carbocycles. The topological polar surface area (TPSA) is 24.5 Å². The first-order valence-electron chi connectivity index (χ1n) is 7.86. The van der Waals surface area contributed by atoms with Gasteiger partial charge in [-0.2, -0.15) is 0 Å². The molecule has 3 nitrogen and oxygen atoms in total. The first kappa shape index (κ1) is 16.6. The van der Waals surface area contributed by atoms with Crippen molar-refractivity contribution in [3.8, 4) is 0 Å². The summed E-state index contributed by atoms with van der Waals surface area (Å²) in [5.41, 5.74) is 2.41. The number of piperidine rings is 1. The Hall–Kier alpha value is -0.770. The van der Waals surface area contributed by atoms with Crippen LogP contribution in [0.1, 0.15) is 32.3 Å². The summed E-state index contributed by atoms with van der Waals surface area (Å²) < 4.78 is 5.26. The SMILES string of the molecule is COCC1CCN(c2ccc(CNC(C)C)c(Cl)c2)CC1. The standard InChI is InChI=1S/C17H27ClN2O/c1-13(2)19-11-15-4-5-16(10-17(15)18)20-8-6-14(7-9-20)12-21-3/h4-5,10,13-14,19H,6-9,11-12H2,1-3H3. The number of methoxy groups -OCH3 is 1. The fourth-order valence-corrected chi connectivity index (χ4v) is 3.03. The zero-order valence-corrected chi connectivity index (χ0v) is 14.1. The Balaban J connectivity index is 1.94. The molecule has 0 amide bonds. The predicted molar refractivity (Wildman–Crippen MR) is 90.2 cm³/mol. The molecule has 1 N–H and O–H groups in total. The Kier molecular flexibility index (Phi) is 6.34. The van der Waals surface area contributed by atoms with Crippen LogP contribution in [-0.2, 0) is 11.3 Å². The van der Waals surface area contributed by atoms with Crippen LogP contribution in [0.5, 0.6) is 0 Å². The minimum absolute atomic E-state index is 0.473. The van der Waals surface area contributed by atoms with Crippen molar-refractivity contribution in [1.29, 1.82) is 0 Å². The minimum atomic E-state index is 0.473. The molecule has 1 fully saturated rings. The van der Waals surface area contributed by atoms with Crippen LogP contribution in [0.4, 0.5) is 5.69 Å². The molecule has 0 atom stereocenters. The quantitative estimate of drug-likeness (QED) is 0.867. The van der Waals surface area contributed by atoms with Gasteiger partial charge in [-0.1, -0.05) is 31.5 Å². The average molecular weight is 311 g/mol. The average Bonchev–Trinajstić information content (AvgIpc) is 2.47. The van der Waals surface area contributed by atoms with Gasteiger partial charge in [0.1, 0.15) is 0 Å². The third kappa shape index (κ3) is 4.87. The molecule has 1 heterocycles. The number of hydrogen-bond acceptors (Lipinski definition) is 3. The molecule has 1 aliphatic rings. The lowest BCUT2D eigenvalue weighted by Crippen LogP contribution is -2.35. The van der Waals surface area contributed by atoms with Gasteiger partial charge in [0.25, 0.3) is 0 Å². The smallest absolute Gasteiger partial charge is 0.0491 e. The van der Waals surface area contributed by atoms with Crippen molar-refractivity contribution in [2.45, 2.75) is 39.3 Å².